The molecule has 27 heavy (non-hydrogen) atoms. The van der Waals surface area contributed by atoms with Gasteiger partial charge in [-0.25, -0.2) is 9.78 Å². The van der Waals surface area contributed by atoms with Crippen molar-refractivity contribution < 1.29 is 14.3 Å². The normalized spacial score (nSPS) is 15.4. The highest BCUT2D eigenvalue weighted by atomic mass is 16.6. The summed E-state index contributed by atoms with van der Waals surface area (Å²) in [5.41, 5.74) is 1.05. The van der Waals surface area contributed by atoms with Crippen molar-refractivity contribution >= 4 is 12.1 Å². The maximum atomic E-state index is 11.8. The van der Waals surface area contributed by atoms with E-state index in [2.05, 4.69) is 27.5 Å². The summed E-state index contributed by atoms with van der Waals surface area (Å²) in [6.45, 7) is 6.99. The predicted octanol–water partition coefficient (Wildman–Crippen LogP) is 2.16. The molecule has 1 amide bonds. The monoisotopic (exact) mass is 377 g/mol. The Morgan fingerprint density at radius 2 is 2.11 bits per heavy atom. The lowest BCUT2D eigenvalue weighted by molar-refractivity contribution is 0.0963. The number of nitrogens with zero attached hydrogens (tertiary/aromatic N) is 3. The van der Waals surface area contributed by atoms with Crippen LogP contribution < -0.4 is 15.4 Å². The molecule has 8 nitrogen and oxygen atoms in total. The van der Waals surface area contributed by atoms with Crippen LogP contribution in [0.5, 0.6) is 5.88 Å². The van der Waals surface area contributed by atoms with Gasteiger partial charge >= 0.3 is 6.09 Å². The molecule has 150 valence electrons. The zero-order valence-electron chi connectivity index (χ0n) is 16.5. The largest absolute Gasteiger partial charge is 0.478 e. The molecule has 2 N–H and O–H groups in total. The van der Waals surface area contributed by atoms with Crippen LogP contribution in [0.1, 0.15) is 38.7 Å². The van der Waals surface area contributed by atoms with Gasteiger partial charge in [-0.15, -0.1) is 0 Å². The Morgan fingerprint density at radius 3 is 2.70 bits per heavy atom. The molecule has 0 aliphatic carbocycles. The Bertz CT molecular complexity index is 598. The molecule has 0 saturated carbocycles. The molecular formula is C19H31N5O3. The van der Waals surface area contributed by atoms with Gasteiger partial charge in [0.2, 0.25) is 5.88 Å². The van der Waals surface area contributed by atoms with Crippen molar-refractivity contribution in [3.8, 4) is 5.88 Å². The highest BCUT2D eigenvalue weighted by Gasteiger charge is 2.23. The van der Waals surface area contributed by atoms with Crippen LogP contribution in [0.3, 0.4) is 0 Å². The van der Waals surface area contributed by atoms with E-state index in [1.807, 2.05) is 25.3 Å². The summed E-state index contributed by atoms with van der Waals surface area (Å²) in [6.07, 6.45) is 4.28. The van der Waals surface area contributed by atoms with Crippen molar-refractivity contribution in [2.75, 3.05) is 33.4 Å². The van der Waals surface area contributed by atoms with Crippen molar-refractivity contribution in [2.45, 2.75) is 45.7 Å². The first kappa shape index (κ1) is 20.8. The zero-order valence-corrected chi connectivity index (χ0v) is 16.5. The number of carbonyl (C=O) groups is 1. The number of aliphatic imine (C=N–C) groups is 1. The average Bonchev–Trinajstić information content (AvgIpc) is 2.71. The van der Waals surface area contributed by atoms with Crippen LogP contribution in [-0.4, -0.2) is 61.3 Å². The SMILES string of the molecule is CCCOc1ccc(CNC(=NC)NC2CCN(C(=O)OCC)CC2)cn1. The molecule has 0 atom stereocenters. The van der Waals surface area contributed by atoms with E-state index >= 15 is 0 Å². The van der Waals surface area contributed by atoms with Crippen LogP contribution in [0.4, 0.5) is 4.79 Å². The minimum Gasteiger partial charge on any atom is -0.478 e. The molecule has 2 heterocycles. The molecule has 1 aromatic heterocycles. The van der Waals surface area contributed by atoms with Crippen molar-refractivity contribution in [1.29, 1.82) is 0 Å². The van der Waals surface area contributed by atoms with E-state index in [1.54, 1.807) is 11.9 Å². The third kappa shape index (κ3) is 6.96. The smallest absolute Gasteiger partial charge is 0.409 e. The van der Waals surface area contributed by atoms with Crippen LogP contribution in [-0.2, 0) is 11.3 Å². The molecule has 2 rings (SSSR count). The van der Waals surface area contributed by atoms with E-state index in [9.17, 15) is 4.79 Å². The van der Waals surface area contributed by atoms with E-state index in [0.717, 1.165) is 30.8 Å². The van der Waals surface area contributed by atoms with E-state index in [1.165, 1.54) is 0 Å². The summed E-state index contributed by atoms with van der Waals surface area (Å²) in [6, 6.07) is 4.16. The van der Waals surface area contributed by atoms with E-state index in [4.69, 9.17) is 9.47 Å². The number of nitrogens with one attached hydrogen (secondary N) is 2. The second-order valence-electron chi connectivity index (χ2n) is 6.38. The van der Waals surface area contributed by atoms with E-state index in [0.29, 0.717) is 38.7 Å². The van der Waals surface area contributed by atoms with Gasteiger partial charge in [-0.2, -0.15) is 0 Å². The number of ether oxygens (including phenoxy) is 2. The van der Waals surface area contributed by atoms with Crippen molar-refractivity contribution in [2.24, 2.45) is 4.99 Å². The molecule has 8 heteroatoms. The van der Waals surface area contributed by atoms with Crippen LogP contribution in [0.25, 0.3) is 0 Å². The summed E-state index contributed by atoms with van der Waals surface area (Å²) in [5.74, 6) is 1.40. The van der Waals surface area contributed by atoms with Crippen molar-refractivity contribution in [3.05, 3.63) is 23.9 Å². The molecule has 1 aliphatic rings. The standard InChI is InChI=1S/C19H31N5O3/c1-4-12-27-17-7-6-15(13-21-17)14-22-18(20-3)23-16-8-10-24(11-9-16)19(25)26-5-2/h6-7,13,16H,4-5,8-12,14H2,1-3H3,(H2,20,22,23). The molecule has 1 saturated heterocycles. The third-order valence-electron chi connectivity index (χ3n) is 4.30. The Morgan fingerprint density at radius 1 is 1.33 bits per heavy atom. The highest BCUT2D eigenvalue weighted by molar-refractivity contribution is 5.80. The van der Waals surface area contributed by atoms with E-state index < -0.39 is 0 Å². The molecular weight excluding hydrogens is 346 g/mol. The number of piperidine rings is 1. The van der Waals surface area contributed by atoms with Crippen molar-refractivity contribution in [3.63, 3.8) is 0 Å². The lowest BCUT2D eigenvalue weighted by atomic mass is 10.1. The van der Waals surface area contributed by atoms with Crippen LogP contribution in [0, 0.1) is 0 Å². The molecule has 0 unspecified atom stereocenters. The second kappa shape index (κ2) is 11.3. The fourth-order valence-corrected chi connectivity index (χ4v) is 2.80. The summed E-state index contributed by atoms with van der Waals surface area (Å²) in [7, 11) is 1.75. The second-order valence-corrected chi connectivity index (χ2v) is 6.38. The third-order valence-corrected chi connectivity index (χ3v) is 4.30. The quantitative estimate of drug-likeness (QED) is 0.559. The van der Waals surface area contributed by atoms with Gasteiger partial charge in [0.15, 0.2) is 5.96 Å². The minimum absolute atomic E-state index is 0.225. The predicted molar refractivity (Wildman–Crippen MR) is 105 cm³/mol. The average molecular weight is 377 g/mol. The highest BCUT2D eigenvalue weighted by Crippen LogP contribution is 2.12. The Hall–Kier alpha value is -2.51. The van der Waals surface area contributed by atoms with Gasteiger partial charge in [-0.05, 0) is 31.7 Å². The molecule has 0 spiro atoms. The van der Waals surface area contributed by atoms with Gasteiger partial charge in [-0.1, -0.05) is 13.0 Å². The molecule has 1 aromatic rings. The first-order chi connectivity index (χ1) is 13.2. The summed E-state index contributed by atoms with van der Waals surface area (Å²) in [4.78, 5) is 22.1. The number of likely N-dealkylation sites (tertiary alicyclic amines) is 1. The number of rotatable bonds is 7. The first-order valence-corrected chi connectivity index (χ1v) is 9.62. The van der Waals surface area contributed by atoms with Gasteiger partial charge in [0.05, 0.1) is 13.2 Å². The molecule has 0 aromatic carbocycles. The zero-order chi connectivity index (χ0) is 19.5. The fraction of sp³-hybridized carbons (Fsp3) is 0.632. The van der Waals surface area contributed by atoms with Crippen molar-refractivity contribution in [1.82, 2.24) is 20.5 Å². The number of amides is 1. The number of hydrogen-bond acceptors (Lipinski definition) is 5. The Labute approximate surface area is 161 Å². The maximum Gasteiger partial charge on any atom is 0.409 e. The molecule has 0 radical (unpaired) electrons. The fourth-order valence-electron chi connectivity index (χ4n) is 2.80. The van der Waals surface area contributed by atoms with Gasteiger partial charge in [0.1, 0.15) is 0 Å². The van der Waals surface area contributed by atoms with E-state index in [-0.39, 0.29) is 12.1 Å². The Balaban J connectivity index is 1.74. The number of pyridine rings is 1. The number of aromatic nitrogens is 1. The Kier molecular flexibility index (Phi) is 8.67. The lowest BCUT2D eigenvalue weighted by Gasteiger charge is -2.32. The maximum absolute atomic E-state index is 11.8. The number of guanidine groups is 1. The van der Waals surface area contributed by atoms with Crippen LogP contribution in [0.15, 0.2) is 23.3 Å². The lowest BCUT2D eigenvalue weighted by Crippen LogP contribution is -2.49. The molecule has 0 bridgehead atoms. The van der Waals surface area contributed by atoms with Gasteiger partial charge in [-0.3, -0.25) is 4.99 Å². The minimum atomic E-state index is -0.225. The van der Waals surface area contributed by atoms with Gasteiger partial charge in [0, 0.05) is 45.0 Å². The topological polar surface area (TPSA) is 88.1 Å². The molecule has 1 aliphatic heterocycles. The van der Waals surface area contributed by atoms with Gasteiger partial charge < -0.3 is 25.0 Å². The van der Waals surface area contributed by atoms with Gasteiger partial charge in [0.25, 0.3) is 0 Å². The van der Waals surface area contributed by atoms with Crippen LogP contribution in [0.2, 0.25) is 0 Å². The summed E-state index contributed by atoms with van der Waals surface area (Å²) >= 11 is 0. The molecule has 1 fully saturated rings. The first-order valence-electron chi connectivity index (χ1n) is 9.62. The summed E-state index contributed by atoms with van der Waals surface area (Å²) < 4.78 is 10.5. The number of hydrogen-bond donors (Lipinski definition) is 2. The van der Waals surface area contributed by atoms with Crippen LogP contribution >= 0.6 is 0 Å². The number of carbonyl (C=O) groups excluding carboxylic acids is 1. The summed E-state index contributed by atoms with van der Waals surface area (Å²) in [5, 5.41) is 6.72.